The summed E-state index contributed by atoms with van der Waals surface area (Å²) in [4.78, 5) is 14.1. The van der Waals surface area contributed by atoms with Crippen molar-refractivity contribution in [1.29, 1.82) is 0 Å². The predicted molar refractivity (Wildman–Crippen MR) is 127 cm³/mol. The Morgan fingerprint density at radius 2 is 1.21 bits per heavy atom. The lowest BCUT2D eigenvalue weighted by atomic mass is 10.2. The Kier molecular flexibility index (Phi) is 7.46. The second-order valence-electron chi connectivity index (χ2n) is 7.89. The first-order valence-corrected chi connectivity index (χ1v) is 11.7. The van der Waals surface area contributed by atoms with E-state index in [1.807, 2.05) is 0 Å². The van der Waals surface area contributed by atoms with Gasteiger partial charge in [-0.1, -0.05) is 54.6 Å². The van der Waals surface area contributed by atoms with Crippen LogP contribution in [0.5, 0.6) is 11.5 Å². The molecule has 33 heavy (non-hydrogen) atoms. The van der Waals surface area contributed by atoms with Crippen LogP contribution >= 0.6 is 7.82 Å². The Bertz CT molecular complexity index is 1070. The molecule has 0 radical (unpaired) electrons. The summed E-state index contributed by atoms with van der Waals surface area (Å²) in [6.45, 7) is 9.03. The van der Waals surface area contributed by atoms with Crippen LogP contribution in [0.3, 0.4) is 0 Å². The van der Waals surface area contributed by atoms with Crippen molar-refractivity contribution in [2.75, 3.05) is 4.90 Å². The minimum absolute atomic E-state index is 0.257. The number of benzene rings is 3. The zero-order valence-corrected chi connectivity index (χ0v) is 19.6. The van der Waals surface area contributed by atoms with E-state index in [0.717, 1.165) is 4.90 Å². The molecule has 172 valence electrons. The number of hydrogen-bond donors (Lipinski definition) is 0. The molecule has 3 rings (SSSR count). The van der Waals surface area contributed by atoms with Gasteiger partial charge in [-0.3, -0.25) is 0 Å². The topological polar surface area (TPSA) is 74.3 Å². The first-order chi connectivity index (χ1) is 15.7. The van der Waals surface area contributed by atoms with Gasteiger partial charge in [-0.25, -0.2) is 9.69 Å². The van der Waals surface area contributed by atoms with Gasteiger partial charge in [0.2, 0.25) is 5.88 Å². The van der Waals surface area contributed by atoms with Gasteiger partial charge in [0.05, 0.1) is 5.69 Å². The van der Waals surface area contributed by atoms with Crippen LogP contribution in [-0.4, -0.2) is 11.7 Å². The molecule has 0 fully saturated rings. The van der Waals surface area contributed by atoms with E-state index in [0.29, 0.717) is 5.69 Å². The fraction of sp³-hybridized carbons (Fsp3) is 0.160. The van der Waals surface area contributed by atoms with Crippen molar-refractivity contribution in [2.45, 2.75) is 26.4 Å². The third kappa shape index (κ3) is 7.16. The molecule has 0 saturated carbocycles. The first-order valence-electron chi connectivity index (χ1n) is 10.2. The summed E-state index contributed by atoms with van der Waals surface area (Å²) in [5.41, 5.74) is -0.377. The van der Waals surface area contributed by atoms with E-state index in [-0.39, 0.29) is 17.4 Å². The van der Waals surface area contributed by atoms with Gasteiger partial charge < -0.3 is 18.3 Å². The molecule has 3 aromatic rings. The lowest BCUT2D eigenvalue weighted by Crippen LogP contribution is -2.36. The van der Waals surface area contributed by atoms with E-state index in [2.05, 4.69) is 6.58 Å². The normalized spacial score (nSPS) is 11.2. The largest absolute Gasteiger partial charge is 0.648 e. The van der Waals surface area contributed by atoms with Crippen LogP contribution in [0.1, 0.15) is 20.8 Å². The SMILES string of the molecule is C=C(OP(=O)(Oc1ccccc1)Oc1ccccc1)N(C(=O)OC(C)(C)C)c1ccccc1. The summed E-state index contributed by atoms with van der Waals surface area (Å²) in [5, 5.41) is 0. The van der Waals surface area contributed by atoms with Crippen LogP contribution in [0.2, 0.25) is 0 Å². The van der Waals surface area contributed by atoms with Crippen LogP contribution in [0, 0.1) is 0 Å². The molecule has 3 aromatic carbocycles. The molecular weight excluding hydrogens is 441 g/mol. The third-order valence-electron chi connectivity index (χ3n) is 3.98. The molecule has 0 aliphatic heterocycles. The minimum atomic E-state index is -4.33. The second-order valence-corrected chi connectivity index (χ2v) is 9.33. The number of ether oxygens (including phenoxy) is 1. The van der Waals surface area contributed by atoms with Crippen molar-refractivity contribution in [3.8, 4) is 11.5 Å². The molecule has 0 unspecified atom stereocenters. The lowest BCUT2D eigenvalue weighted by molar-refractivity contribution is 0.0576. The second kappa shape index (κ2) is 10.3. The number of carbonyl (C=O) groups excluding carboxylic acids is 1. The molecule has 0 aliphatic carbocycles. The van der Waals surface area contributed by atoms with Gasteiger partial charge >= 0.3 is 13.9 Å². The van der Waals surface area contributed by atoms with Gasteiger partial charge in [0.25, 0.3) is 0 Å². The highest BCUT2D eigenvalue weighted by molar-refractivity contribution is 7.49. The van der Waals surface area contributed by atoms with Crippen molar-refractivity contribution < 1.29 is 27.7 Å². The van der Waals surface area contributed by atoms with Gasteiger partial charge in [0, 0.05) is 0 Å². The molecule has 0 saturated heterocycles. The number of phosphoric ester groups is 1. The fourth-order valence-electron chi connectivity index (χ4n) is 2.68. The van der Waals surface area contributed by atoms with Gasteiger partial charge in [0.1, 0.15) is 17.1 Å². The number of para-hydroxylation sites is 3. The molecule has 7 nitrogen and oxygen atoms in total. The Hall–Kier alpha value is -3.70. The maximum absolute atomic E-state index is 13.7. The number of hydrogen-bond acceptors (Lipinski definition) is 6. The first kappa shape index (κ1) is 24.0. The van der Waals surface area contributed by atoms with Crippen molar-refractivity contribution in [1.82, 2.24) is 0 Å². The molecule has 0 heterocycles. The van der Waals surface area contributed by atoms with Gasteiger partial charge in [-0.15, -0.1) is 0 Å². The van der Waals surface area contributed by atoms with Crippen molar-refractivity contribution >= 4 is 19.6 Å². The number of amides is 1. The number of carbonyl (C=O) groups is 1. The lowest BCUT2D eigenvalue weighted by Gasteiger charge is -2.29. The van der Waals surface area contributed by atoms with Crippen molar-refractivity contribution in [2.24, 2.45) is 0 Å². The van der Waals surface area contributed by atoms with Gasteiger partial charge in [0.15, 0.2) is 0 Å². The van der Waals surface area contributed by atoms with E-state index in [9.17, 15) is 9.36 Å². The summed E-state index contributed by atoms with van der Waals surface area (Å²) in [7, 11) is -4.33. The van der Waals surface area contributed by atoms with Crippen LogP contribution in [-0.2, 0) is 13.8 Å². The summed E-state index contributed by atoms with van der Waals surface area (Å²) in [6, 6.07) is 25.5. The van der Waals surface area contributed by atoms with E-state index in [1.54, 1.807) is 112 Å². The molecule has 8 heteroatoms. The smallest absolute Gasteiger partial charge is 0.443 e. The van der Waals surface area contributed by atoms with E-state index in [4.69, 9.17) is 18.3 Å². The molecule has 0 atom stereocenters. The highest BCUT2D eigenvalue weighted by Gasteiger charge is 2.37. The van der Waals surface area contributed by atoms with Gasteiger partial charge in [-0.2, -0.15) is 4.57 Å². The number of nitrogens with zero attached hydrogens (tertiary/aromatic N) is 1. The average molecular weight is 467 g/mol. The Morgan fingerprint density at radius 3 is 1.64 bits per heavy atom. The van der Waals surface area contributed by atoms with Crippen LogP contribution in [0.15, 0.2) is 103 Å². The Balaban J connectivity index is 1.93. The predicted octanol–water partition coefficient (Wildman–Crippen LogP) is 7.18. The molecule has 0 N–H and O–H groups in total. The van der Waals surface area contributed by atoms with Crippen molar-refractivity contribution in [3.63, 3.8) is 0 Å². The number of rotatable bonds is 8. The minimum Gasteiger partial charge on any atom is -0.443 e. The molecule has 1 amide bonds. The molecule has 0 aliphatic rings. The Labute approximate surface area is 193 Å². The Morgan fingerprint density at radius 1 is 0.788 bits per heavy atom. The quantitative estimate of drug-likeness (QED) is 0.258. The molecule has 0 spiro atoms. The summed E-state index contributed by atoms with van der Waals surface area (Å²) in [5.74, 6) is 0.229. The maximum Gasteiger partial charge on any atom is 0.648 e. The fourth-order valence-corrected chi connectivity index (χ4v) is 3.89. The summed E-state index contributed by atoms with van der Waals surface area (Å²) >= 11 is 0. The standard InChI is InChI=1S/C25H26NO6P/c1-20(26(21-14-8-5-9-15-21)24(27)29-25(2,3)4)30-33(28,31-22-16-10-6-11-17-22)32-23-18-12-7-13-19-23/h5-19H,1H2,2-4H3. The highest BCUT2D eigenvalue weighted by Crippen LogP contribution is 2.51. The van der Waals surface area contributed by atoms with E-state index < -0.39 is 19.5 Å². The molecular formula is C25H26NO6P. The molecule has 0 bridgehead atoms. The number of phosphoric acid groups is 1. The van der Waals surface area contributed by atoms with Crippen LogP contribution < -0.4 is 13.9 Å². The number of anilines is 1. The van der Waals surface area contributed by atoms with Crippen molar-refractivity contribution in [3.05, 3.63) is 103 Å². The maximum atomic E-state index is 13.7. The zero-order valence-electron chi connectivity index (χ0n) is 18.7. The highest BCUT2D eigenvalue weighted by atomic mass is 31.2. The van der Waals surface area contributed by atoms with Crippen LogP contribution in [0.25, 0.3) is 0 Å². The zero-order chi connectivity index (χ0) is 23.9. The average Bonchev–Trinajstić information content (AvgIpc) is 2.74. The summed E-state index contributed by atoms with van der Waals surface area (Å²) < 4.78 is 36.1. The monoisotopic (exact) mass is 467 g/mol. The van der Waals surface area contributed by atoms with Gasteiger partial charge in [-0.05, 0) is 63.7 Å². The molecule has 0 aromatic heterocycles. The summed E-state index contributed by atoms with van der Waals surface area (Å²) in [6.07, 6.45) is -0.760. The van der Waals surface area contributed by atoms with E-state index >= 15 is 0 Å². The van der Waals surface area contributed by atoms with E-state index in [1.165, 1.54) is 0 Å². The third-order valence-corrected chi connectivity index (χ3v) is 5.28. The van der Waals surface area contributed by atoms with Crippen LogP contribution in [0.4, 0.5) is 10.5 Å².